The van der Waals surface area contributed by atoms with Gasteiger partial charge in [-0.15, -0.1) is 0 Å². The van der Waals surface area contributed by atoms with Gasteiger partial charge in [-0.2, -0.15) is 0 Å². The SMILES string of the molecule is NC(=O)c1ccc2c(c1)C1(CCS(=O)CC1)CN2. The summed E-state index contributed by atoms with van der Waals surface area (Å²) in [5.41, 5.74) is 8.22. The van der Waals surface area contributed by atoms with Gasteiger partial charge in [0.25, 0.3) is 0 Å². The smallest absolute Gasteiger partial charge is 0.248 e. The second-order valence-electron chi connectivity index (χ2n) is 5.11. The van der Waals surface area contributed by atoms with Crippen molar-refractivity contribution < 1.29 is 9.00 Å². The third-order valence-corrected chi connectivity index (χ3v) is 5.43. The molecule has 0 bridgehead atoms. The number of fused-ring (bicyclic) bond motifs is 2. The van der Waals surface area contributed by atoms with Gasteiger partial charge in [-0.05, 0) is 36.6 Å². The van der Waals surface area contributed by atoms with E-state index in [0.29, 0.717) is 5.56 Å². The molecule has 18 heavy (non-hydrogen) atoms. The summed E-state index contributed by atoms with van der Waals surface area (Å²) in [6.07, 6.45) is 1.84. The summed E-state index contributed by atoms with van der Waals surface area (Å²) in [7, 11) is -0.673. The third-order valence-electron chi connectivity index (χ3n) is 4.11. The van der Waals surface area contributed by atoms with E-state index in [1.165, 1.54) is 5.56 Å². The average Bonchev–Trinajstić information content (AvgIpc) is 2.72. The lowest BCUT2D eigenvalue weighted by Gasteiger charge is -2.33. The Bertz CT molecular complexity index is 532. The van der Waals surface area contributed by atoms with Gasteiger partial charge >= 0.3 is 0 Å². The summed E-state index contributed by atoms with van der Waals surface area (Å²) in [6, 6.07) is 5.59. The predicted octanol–water partition coefficient (Wildman–Crippen LogP) is 0.991. The van der Waals surface area contributed by atoms with Gasteiger partial charge in [0.15, 0.2) is 0 Å². The zero-order valence-electron chi connectivity index (χ0n) is 10.1. The molecular weight excluding hydrogens is 248 g/mol. The van der Waals surface area contributed by atoms with Gasteiger partial charge in [0.2, 0.25) is 5.91 Å². The Hall–Kier alpha value is -1.36. The third kappa shape index (κ3) is 1.73. The van der Waals surface area contributed by atoms with Gasteiger partial charge in [-0.25, -0.2) is 0 Å². The van der Waals surface area contributed by atoms with E-state index < -0.39 is 10.8 Å². The van der Waals surface area contributed by atoms with E-state index in [9.17, 15) is 9.00 Å². The standard InChI is InChI=1S/C13H16N2O2S/c14-12(16)9-1-2-11-10(7-9)13(8-15-11)3-5-18(17)6-4-13/h1-2,7,15H,3-6,8H2,(H2,14,16). The molecule has 2 heterocycles. The zero-order chi connectivity index (χ0) is 12.8. The molecule has 1 aromatic carbocycles. The van der Waals surface area contributed by atoms with E-state index in [-0.39, 0.29) is 11.3 Å². The van der Waals surface area contributed by atoms with Crippen LogP contribution < -0.4 is 11.1 Å². The average molecular weight is 264 g/mol. The fraction of sp³-hybridized carbons (Fsp3) is 0.462. The summed E-state index contributed by atoms with van der Waals surface area (Å²) in [6.45, 7) is 0.877. The lowest BCUT2D eigenvalue weighted by molar-refractivity contribution is 0.1000. The number of hydrogen-bond donors (Lipinski definition) is 2. The Balaban J connectivity index is 2.02. The number of carbonyl (C=O) groups is 1. The molecule has 0 saturated carbocycles. The highest BCUT2D eigenvalue weighted by Crippen LogP contribution is 2.44. The lowest BCUT2D eigenvalue weighted by atomic mass is 9.77. The zero-order valence-corrected chi connectivity index (χ0v) is 10.9. The van der Waals surface area contributed by atoms with Crippen molar-refractivity contribution in [3.05, 3.63) is 29.3 Å². The molecule has 1 spiro atoms. The van der Waals surface area contributed by atoms with Crippen LogP contribution in [0.25, 0.3) is 0 Å². The Kier molecular flexibility index (Phi) is 2.66. The number of carbonyl (C=O) groups excluding carboxylic acids is 1. The fourth-order valence-corrected chi connectivity index (χ4v) is 4.38. The van der Waals surface area contributed by atoms with E-state index in [1.807, 2.05) is 12.1 Å². The molecule has 2 aliphatic heterocycles. The van der Waals surface area contributed by atoms with Crippen molar-refractivity contribution in [1.82, 2.24) is 0 Å². The molecule has 0 aromatic heterocycles. The number of amides is 1. The normalized spacial score (nSPS) is 29.9. The minimum absolute atomic E-state index is 0.0503. The van der Waals surface area contributed by atoms with Crippen LogP contribution in [0.15, 0.2) is 18.2 Å². The fourth-order valence-electron chi connectivity index (χ4n) is 2.94. The van der Waals surface area contributed by atoms with E-state index in [0.717, 1.165) is 36.6 Å². The van der Waals surface area contributed by atoms with Crippen LogP contribution in [0.2, 0.25) is 0 Å². The van der Waals surface area contributed by atoms with Crippen LogP contribution in [0.5, 0.6) is 0 Å². The van der Waals surface area contributed by atoms with Crippen LogP contribution in [-0.4, -0.2) is 28.2 Å². The van der Waals surface area contributed by atoms with Gasteiger partial charge in [0.05, 0.1) is 0 Å². The van der Waals surface area contributed by atoms with Crippen LogP contribution in [0.3, 0.4) is 0 Å². The minimum Gasteiger partial charge on any atom is -0.384 e. The van der Waals surface area contributed by atoms with Crippen molar-refractivity contribution in [2.75, 3.05) is 23.4 Å². The molecule has 0 aliphatic carbocycles. The second kappa shape index (κ2) is 4.09. The van der Waals surface area contributed by atoms with Crippen LogP contribution in [0, 0.1) is 0 Å². The number of hydrogen-bond acceptors (Lipinski definition) is 3. The molecule has 1 amide bonds. The second-order valence-corrected chi connectivity index (χ2v) is 6.80. The van der Waals surface area contributed by atoms with Crippen molar-refractivity contribution in [3.8, 4) is 0 Å². The van der Waals surface area contributed by atoms with E-state index in [4.69, 9.17) is 5.73 Å². The van der Waals surface area contributed by atoms with Crippen LogP contribution in [0.4, 0.5) is 5.69 Å². The lowest BCUT2D eigenvalue weighted by Crippen LogP contribution is -2.36. The molecule has 1 fully saturated rings. The van der Waals surface area contributed by atoms with Gasteiger partial charge in [0.1, 0.15) is 0 Å². The van der Waals surface area contributed by atoms with Gasteiger partial charge in [-0.1, -0.05) is 0 Å². The van der Waals surface area contributed by atoms with Crippen LogP contribution in [-0.2, 0) is 16.2 Å². The highest BCUT2D eigenvalue weighted by Gasteiger charge is 2.41. The van der Waals surface area contributed by atoms with E-state index in [1.54, 1.807) is 6.07 Å². The highest BCUT2D eigenvalue weighted by molar-refractivity contribution is 7.85. The number of benzene rings is 1. The molecule has 0 unspecified atom stereocenters. The summed E-state index contributed by atoms with van der Waals surface area (Å²) >= 11 is 0. The maximum absolute atomic E-state index is 11.5. The maximum atomic E-state index is 11.5. The van der Waals surface area contributed by atoms with Crippen molar-refractivity contribution in [3.63, 3.8) is 0 Å². The molecule has 3 N–H and O–H groups in total. The Morgan fingerprint density at radius 3 is 2.72 bits per heavy atom. The molecule has 96 valence electrons. The molecule has 0 atom stereocenters. The summed E-state index contributed by atoms with van der Waals surface area (Å²) in [4.78, 5) is 11.3. The first kappa shape index (κ1) is 11.7. The number of primary amides is 1. The van der Waals surface area contributed by atoms with Crippen molar-refractivity contribution >= 4 is 22.4 Å². The largest absolute Gasteiger partial charge is 0.384 e. The predicted molar refractivity (Wildman–Crippen MR) is 72.2 cm³/mol. The first-order chi connectivity index (χ1) is 8.61. The van der Waals surface area contributed by atoms with Crippen molar-refractivity contribution in [2.45, 2.75) is 18.3 Å². The summed E-state index contributed by atoms with van der Waals surface area (Å²) < 4.78 is 11.5. The van der Waals surface area contributed by atoms with Gasteiger partial charge < -0.3 is 11.1 Å². The first-order valence-electron chi connectivity index (χ1n) is 6.14. The number of nitrogens with two attached hydrogens (primary N) is 1. The van der Waals surface area contributed by atoms with Crippen molar-refractivity contribution in [2.24, 2.45) is 5.73 Å². The molecule has 1 saturated heterocycles. The quantitative estimate of drug-likeness (QED) is 0.794. The number of anilines is 1. The summed E-state index contributed by atoms with van der Waals surface area (Å²) in [5, 5.41) is 3.39. The molecule has 2 aliphatic rings. The van der Waals surface area contributed by atoms with E-state index in [2.05, 4.69) is 5.32 Å². The first-order valence-corrected chi connectivity index (χ1v) is 7.63. The minimum atomic E-state index is -0.673. The maximum Gasteiger partial charge on any atom is 0.248 e. The molecule has 1 aromatic rings. The monoisotopic (exact) mass is 264 g/mol. The highest BCUT2D eigenvalue weighted by atomic mass is 32.2. The number of rotatable bonds is 1. The molecule has 3 rings (SSSR count). The Morgan fingerprint density at radius 2 is 2.06 bits per heavy atom. The van der Waals surface area contributed by atoms with Gasteiger partial charge in [0, 0.05) is 45.5 Å². The topological polar surface area (TPSA) is 72.2 Å². The van der Waals surface area contributed by atoms with Crippen LogP contribution >= 0.6 is 0 Å². The van der Waals surface area contributed by atoms with Crippen molar-refractivity contribution in [1.29, 1.82) is 0 Å². The van der Waals surface area contributed by atoms with Gasteiger partial charge in [-0.3, -0.25) is 9.00 Å². The molecule has 0 radical (unpaired) electrons. The number of nitrogens with one attached hydrogen (secondary N) is 1. The van der Waals surface area contributed by atoms with E-state index >= 15 is 0 Å². The van der Waals surface area contributed by atoms with Crippen LogP contribution in [0.1, 0.15) is 28.8 Å². The molecule has 4 nitrogen and oxygen atoms in total. The Labute approximate surface area is 108 Å². The molecular formula is C13H16N2O2S. The Morgan fingerprint density at radius 1 is 1.33 bits per heavy atom. The molecule has 5 heteroatoms. The summed E-state index contributed by atoms with van der Waals surface area (Å²) in [5.74, 6) is 1.11.